The first-order valence-electron chi connectivity index (χ1n) is 8.17. The smallest absolute Gasteiger partial charge is 0.264 e. The lowest BCUT2D eigenvalue weighted by atomic mass is 10.3. The fourth-order valence-corrected chi connectivity index (χ4v) is 4.33. The number of rotatable bonds is 6. The van der Waals surface area contributed by atoms with Gasteiger partial charge >= 0.3 is 0 Å². The van der Waals surface area contributed by atoms with Gasteiger partial charge in [0.1, 0.15) is 0 Å². The van der Waals surface area contributed by atoms with Crippen LogP contribution in [0.2, 0.25) is 0 Å². The lowest BCUT2D eigenvalue weighted by Crippen LogP contribution is -2.28. The number of amides is 1. The molecule has 3 N–H and O–H groups in total. The Morgan fingerprint density at radius 3 is 2.64 bits per heavy atom. The third kappa shape index (κ3) is 4.43. The highest BCUT2D eigenvalue weighted by atomic mass is 32.2. The molecule has 0 aliphatic carbocycles. The van der Waals surface area contributed by atoms with Crippen molar-refractivity contribution < 1.29 is 13.2 Å². The number of benzene rings is 1. The zero-order chi connectivity index (χ0) is 20.3. The van der Waals surface area contributed by atoms with Crippen LogP contribution in [0.4, 0.5) is 16.8 Å². The normalized spacial score (nSPS) is 11.1. The first-order valence-corrected chi connectivity index (χ1v) is 10.5. The number of nitrogens with zero attached hydrogens (tertiary/aromatic N) is 3. The predicted octanol–water partition coefficient (Wildman–Crippen LogP) is 2.52. The zero-order valence-corrected chi connectivity index (χ0v) is 17.0. The van der Waals surface area contributed by atoms with Crippen molar-refractivity contribution in [2.75, 3.05) is 17.7 Å². The van der Waals surface area contributed by atoms with E-state index in [0.29, 0.717) is 17.3 Å². The summed E-state index contributed by atoms with van der Waals surface area (Å²) in [6, 6.07) is 7.82. The molecule has 0 atom stereocenters. The molecule has 28 heavy (non-hydrogen) atoms. The van der Waals surface area contributed by atoms with Crippen molar-refractivity contribution in [1.29, 1.82) is 0 Å². The van der Waals surface area contributed by atoms with Crippen LogP contribution in [0.25, 0.3) is 10.6 Å². The molecular formula is C17H18N6O3S2. The summed E-state index contributed by atoms with van der Waals surface area (Å²) in [5.41, 5.74) is 2.03. The fraction of sp³-hybridized carbons (Fsp3) is 0.176. The summed E-state index contributed by atoms with van der Waals surface area (Å²) < 4.78 is 26.2. The number of aryl methyl sites for hydroxylation is 1. The van der Waals surface area contributed by atoms with Crippen LogP contribution in [-0.4, -0.2) is 36.3 Å². The van der Waals surface area contributed by atoms with E-state index >= 15 is 0 Å². The van der Waals surface area contributed by atoms with Gasteiger partial charge < -0.3 is 10.6 Å². The largest absolute Gasteiger partial charge is 0.365 e. The van der Waals surface area contributed by atoms with Gasteiger partial charge in [0.25, 0.3) is 10.0 Å². The number of hydrogen-bond donors (Lipinski definition) is 3. The molecule has 0 fully saturated rings. The third-order valence-corrected chi connectivity index (χ3v) is 6.21. The Labute approximate surface area is 166 Å². The van der Waals surface area contributed by atoms with Gasteiger partial charge in [-0.15, -0.1) is 0 Å². The summed E-state index contributed by atoms with van der Waals surface area (Å²) in [5.74, 6) is -0.347. The standard InChI is InChI=1S/C17H18N6O3S2/c1-10-15(27-17(18-3)20-10)14-7-8-19-16(22-14)21-12-5-4-6-13(9-12)28(25,26)23-11(2)24/h4-9H,1-3H3,(H,18,20)(H,23,24)(H,19,21,22). The fourth-order valence-electron chi connectivity index (χ4n) is 2.40. The number of thiazole rings is 1. The van der Waals surface area contributed by atoms with E-state index in [1.807, 2.05) is 11.6 Å². The van der Waals surface area contributed by atoms with E-state index in [2.05, 4.69) is 25.6 Å². The molecular weight excluding hydrogens is 400 g/mol. The van der Waals surface area contributed by atoms with E-state index in [9.17, 15) is 13.2 Å². The van der Waals surface area contributed by atoms with Gasteiger partial charge in [0.15, 0.2) is 5.13 Å². The summed E-state index contributed by atoms with van der Waals surface area (Å²) in [6.45, 7) is 3.04. The van der Waals surface area contributed by atoms with Crippen LogP contribution in [-0.2, 0) is 14.8 Å². The van der Waals surface area contributed by atoms with E-state index in [-0.39, 0.29) is 4.90 Å². The van der Waals surface area contributed by atoms with Crippen LogP contribution < -0.4 is 15.4 Å². The molecule has 0 aliphatic rings. The van der Waals surface area contributed by atoms with Crippen LogP contribution in [0.5, 0.6) is 0 Å². The van der Waals surface area contributed by atoms with Gasteiger partial charge in [-0.1, -0.05) is 17.4 Å². The molecule has 146 valence electrons. The number of anilines is 3. The lowest BCUT2D eigenvalue weighted by molar-refractivity contribution is -0.117. The highest BCUT2D eigenvalue weighted by molar-refractivity contribution is 7.90. The summed E-state index contributed by atoms with van der Waals surface area (Å²) in [4.78, 5) is 25.0. The second-order valence-corrected chi connectivity index (χ2v) is 8.45. The summed E-state index contributed by atoms with van der Waals surface area (Å²) >= 11 is 1.48. The molecule has 0 aliphatic heterocycles. The SMILES string of the molecule is CNc1nc(C)c(-c2ccnc(Nc3cccc(S(=O)(=O)NC(C)=O)c3)n2)s1. The summed E-state index contributed by atoms with van der Waals surface area (Å²) in [7, 11) is -2.12. The van der Waals surface area contributed by atoms with Gasteiger partial charge in [-0.05, 0) is 31.2 Å². The number of hydrogen-bond acceptors (Lipinski definition) is 9. The number of nitrogens with one attached hydrogen (secondary N) is 3. The maximum Gasteiger partial charge on any atom is 0.264 e. The molecule has 9 nitrogen and oxygen atoms in total. The number of sulfonamides is 1. The number of aromatic nitrogens is 3. The summed E-state index contributed by atoms with van der Waals surface area (Å²) in [5, 5.41) is 6.79. The molecule has 0 radical (unpaired) electrons. The third-order valence-electron chi connectivity index (χ3n) is 3.58. The van der Waals surface area contributed by atoms with E-state index in [4.69, 9.17) is 0 Å². The van der Waals surface area contributed by atoms with Crippen molar-refractivity contribution in [2.45, 2.75) is 18.7 Å². The van der Waals surface area contributed by atoms with Crippen LogP contribution in [0, 0.1) is 6.92 Å². The van der Waals surface area contributed by atoms with Crippen molar-refractivity contribution in [3.8, 4) is 10.6 Å². The molecule has 2 heterocycles. The Morgan fingerprint density at radius 1 is 1.18 bits per heavy atom. The van der Waals surface area contributed by atoms with Crippen LogP contribution in [0.3, 0.4) is 0 Å². The van der Waals surface area contributed by atoms with Crippen LogP contribution in [0.1, 0.15) is 12.6 Å². The molecule has 1 amide bonds. The van der Waals surface area contributed by atoms with Gasteiger partial charge in [-0.25, -0.2) is 28.1 Å². The molecule has 0 unspecified atom stereocenters. The van der Waals surface area contributed by atoms with Crippen LogP contribution in [0.15, 0.2) is 41.4 Å². The average molecular weight is 419 g/mol. The van der Waals surface area contributed by atoms with Gasteiger partial charge in [-0.2, -0.15) is 0 Å². The van der Waals surface area contributed by atoms with Crippen LogP contribution >= 0.6 is 11.3 Å². The maximum atomic E-state index is 12.2. The maximum absolute atomic E-state index is 12.2. The van der Waals surface area contributed by atoms with Crippen molar-refractivity contribution in [3.63, 3.8) is 0 Å². The number of carbonyl (C=O) groups excluding carboxylic acids is 1. The second-order valence-electron chi connectivity index (χ2n) is 5.76. The van der Waals surface area contributed by atoms with E-state index in [1.54, 1.807) is 31.4 Å². The summed E-state index contributed by atoms with van der Waals surface area (Å²) in [6.07, 6.45) is 1.61. The predicted molar refractivity (Wildman–Crippen MR) is 108 cm³/mol. The van der Waals surface area contributed by atoms with E-state index in [1.165, 1.54) is 23.5 Å². The Hall–Kier alpha value is -3.05. The molecule has 0 saturated carbocycles. The monoisotopic (exact) mass is 418 g/mol. The van der Waals surface area contributed by atoms with Gasteiger partial charge in [-0.3, -0.25) is 4.79 Å². The molecule has 0 saturated heterocycles. The van der Waals surface area contributed by atoms with E-state index in [0.717, 1.165) is 22.6 Å². The minimum Gasteiger partial charge on any atom is -0.365 e. The topological polar surface area (TPSA) is 126 Å². The molecule has 1 aromatic carbocycles. The van der Waals surface area contributed by atoms with E-state index < -0.39 is 15.9 Å². The molecule has 3 aromatic rings. The quantitative estimate of drug-likeness (QED) is 0.557. The molecule has 2 aromatic heterocycles. The van der Waals surface area contributed by atoms with Crippen molar-refractivity contribution in [1.82, 2.24) is 19.7 Å². The van der Waals surface area contributed by atoms with Gasteiger partial charge in [0, 0.05) is 25.9 Å². The minimum atomic E-state index is -3.93. The Bertz CT molecular complexity index is 1130. The first-order chi connectivity index (χ1) is 13.3. The Kier molecular flexibility index (Phi) is 5.56. The second kappa shape index (κ2) is 7.90. The lowest BCUT2D eigenvalue weighted by Gasteiger charge is -2.09. The van der Waals surface area contributed by atoms with Crippen molar-refractivity contribution in [3.05, 3.63) is 42.2 Å². The first kappa shape index (κ1) is 19.7. The Morgan fingerprint density at radius 2 is 1.96 bits per heavy atom. The van der Waals surface area contributed by atoms with Crippen molar-refractivity contribution >= 4 is 44.0 Å². The molecule has 3 rings (SSSR count). The van der Waals surface area contributed by atoms with Gasteiger partial charge in [0.05, 0.1) is 21.2 Å². The molecule has 0 bridgehead atoms. The molecule has 11 heteroatoms. The minimum absolute atomic E-state index is 0.0409. The average Bonchev–Trinajstić information content (AvgIpc) is 3.02. The van der Waals surface area contributed by atoms with Gasteiger partial charge in [0.2, 0.25) is 11.9 Å². The zero-order valence-electron chi connectivity index (χ0n) is 15.3. The molecule has 0 spiro atoms. The highest BCUT2D eigenvalue weighted by Gasteiger charge is 2.16. The van der Waals surface area contributed by atoms with Crippen molar-refractivity contribution in [2.24, 2.45) is 0 Å². The number of carbonyl (C=O) groups is 1. The Balaban J connectivity index is 1.88. The highest BCUT2D eigenvalue weighted by Crippen LogP contribution is 2.31.